The lowest BCUT2D eigenvalue weighted by atomic mass is 10.1. The molecule has 0 saturated carbocycles. The number of aromatic nitrogens is 2. The maximum absolute atomic E-state index is 8.82. The molecule has 2 rings (SSSR count). The molecule has 0 aliphatic rings. The molecule has 0 amide bonds. The monoisotopic (exact) mass is 304 g/mol. The first-order valence-electron chi connectivity index (χ1n) is 8.04. The van der Waals surface area contributed by atoms with Crippen LogP contribution in [0.4, 0.5) is 0 Å². The van der Waals surface area contributed by atoms with E-state index in [0.29, 0.717) is 11.4 Å². The second kappa shape index (κ2) is 9.33. The largest absolute Gasteiger partial charge is 0.242 e. The van der Waals surface area contributed by atoms with E-state index in [-0.39, 0.29) is 0 Å². The van der Waals surface area contributed by atoms with Crippen molar-refractivity contribution in [2.75, 3.05) is 0 Å². The molecule has 2 heterocycles. The lowest BCUT2D eigenvalue weighted by Crippen LogP contribution is -1.94. The maximum atomic E-state index is 8.82. The van der Waals surface area contributed by atoms with E-state index in [2.05, 4.69) is 22.1 Å². The van der Waals surface area contributed by atoms with Crippen LogP contribution >= 0.6 is 0 Å². The van der Waals surface area contributed by atoms with Crippen LogP contribution in [-0.4, -0.2) is 9.97 Å². The number of hydrogen-bond acceptors (Lipinski definition) is 4. The summed E-state index contributed by atoms with van der Waals surface area (Å²) in [6.07, 6.45) is 7.60. The number of aryl methyl sites for hydroxylation is 2. The summed E-state index contributed by atoms with van der Waals surface area (Å²) in [6, 6.07) is 15.4. The van der Waals surface area contributed by atoms with Gasteiger partial charge in [0.05, 0.1) is 0 Å². The third kappa shape index (κ3) is 5.88. The highest BCUT2D eigenvalue weighted by Crippen LogP contribution is 2.10. The quantitative estimate of drug-likeness (QED) is 0.692. The summed E-state index contributed by atoms with van der Waals surface area (Å²) in [4.78, 5) is 8.57. The molecule has 0 aromatic carbocycles. The van der Waals surface area contributed by atoms with E-state index in [1.807, 2.05) is 24.3 Å². The van der Waals surface area contributed by atoms with Crippen molar-refractivity contribution in [1.82, 2.24) is 9.97 Å². The predicted octanol–water partition coefficient (Wildman–Crippen LogP) is 3.96. The topological polar surface area (TPSA) is 73.4 Å². The normalized spacial score (nSPS) is 10.0. The summed E-state index contributed by atoms with van der Waals surface area (Å²) in [6.45, 7) is 0. The van der Waals surface area contributed by atoms with Crippen LogP contribution in [0.3, 0.4) is 0 Å². The van der Waals surface area contributed by atoms with Gasteiger partial charge in [-0.15, -0.1) is 0 Å². The predicted molar refractivity (Wildman–Crippen MR) is 88.4 cm³/mol. The Morgan fingerprint density at radius 2 is 1.09 bits per heavy atom. The second-order valence-electron chi connectivity index (χ2n) is 5.52. The number of nitrogens with zero attached hydrogens (tertiary/aromatic N) is 4. The average molecular weight is 304 g/mol. The van der Waals surface area contributed by atoms with Crippen LogP contribution in [0.15, 0.2) is 36.4 Å². The van der Waals surface area contributed by atoms with Crippen molar-refractivity contribution in [3.05, 3.63) is 59.2 Å². The van der Waals surface area contributed by atoms with Gasteiger partial charge in [-0.3, -0.25) is 0 Å². The van der Waals surface area contributed by atoms with E-state index in [4.69, 9.17) is 10.5 Å². The van der Waals surface area contributed by atoms with Crippen LogP contribution in [0.2, 0.25) is 0 Å². The molecule has 0 atom stereocenters. The van der Waals surface area contributed by atoms with Crippen molar-refractivity contribution < 1.29 is 0 Å². The highest BCUT2D eigenvalue weighted by Gasteiger charge is 1.99. The first-order chi connectivity index (χ1) is 11.3. The number of pyridine rings is 2. The highest BCUT2D eigenvalue weighted by molar-refractivity contribution is 5.22. The Balaban J connectivity index is 1.59. The first-order valence-corrected chi connectivity index (χ1v) is 8.04. The molecule has 116 valence electrons. The van der Waals surface area contributed by atoms with Crippen LogP contribution in [-0.2, 0) is 12.8 Å². The number of unbranched alkanes of at least 4 members (excludes halogenated alkanes) is 4. The molecule has 0 saturated heterocycles. The molecular formula is C19H20N4. The van der Waals surface area contributed by atoms with Gasteiger partial charge in [0.15, 0.2) is 0 Å². The third-order valence-electron chi connectivity index (χ3n) is 3.71. The smallest absolute Gasteiger partial charge is 0.140 e. The summed E-state index contributed by atoms with van der Waals surface area (Å²) >= 11 is 0. The lowest BCUT2D eigenvalue weighted by Gasteiger charge is -2.03. The van der Waals surface area contributed by atoms with Gasteiger partial charge in [0.1, 0.15) is 23.5 Å². The molecule has 0 radical (unpaired) electrons. The van der Waals surface area contributed by atoms with Gasteiger partial charge in [0, 0.05) is 11.4 Å². The Morgan fingerprint density at radius 3 is 1.52 bits per heavy atom. The minimum absolute atomic E-state index is 0.495. The average Bonchev–Trinajstić information content (AvgIpc) is 2.61. The fraction of sp³-hybridized carbons (Fsp3) is 0.368. The summed E-state index contributed by atoms with van der Waals surface area (Å²) in [5.41, 5.74) is 2.99. The number of nitriles is 2. The van der Waals surface area contributed by atoms with E-state index in [1.165, 1.54) is 19.3 Å². The Labute approximate surface area is 137 Å². The lowest BCUT2D eigenvalue weighted by molar-refractivity contribution is 0.607. The zero-order chi connectivity index (χ0) is 16.3. The molecule has 0 aliphatic heterocycles. The van der Waals surface area contributed by atoms with Crippen LogP contribution in [0, 0.1) is 22.7 Å². The van der Waals surface area contributed by atoms with Gasteiger partial charge in [-0.25, -0.2) is 9.97 Å². The van der Waals surface area contributed by atoms with Crippen molar-refractivity contribution >= 4 is 0 Å². The van der Waals surface area contributed by atoms with E-state index in [9.17, 15) is 0 Å². The summed E-state index contributed by atoms with van der Waals surface area (Å²) in [5.74, 6) is 0. The summed E-state index contributed by atoms with van der Waals surface area (Å²) in [5, 5.41) is 17.6. The van der Waals surface area contributed by atoms with Gasteiger partial charge >= 0.3 is 0 Å². The molecule has 2 aromatic heterocycles. The van der Waals surface area contributed by atoms with E-state index in [1.54, 1.807) is 12.1 Å². The van der Waals surface area contributed by atoms with Gasteiger partial charge in [0.2, 0.25) is 0 Å². The molecule has 2 aromatic rings. The Hall–Kier alpha value is -2.72. The van der Waals surface area contributed by atoms with Crippen molar-refractivity contribution in [2.45, 2.75) is 44.9 Å². The molecule has 0 fully saturated rings. The van der Waals surface area contributed by atoms with E-state index in [0.717, 1.165) is 37.1 Å². The second-order valence-corrected chi connectivity index (χ2v) is 5.52. The van der Waals surface area contributed by atoms with Crippen LogP contribution in [0.5, 0.6) is 0 Å². The van der Waals surface area contributed by atoms with Crippen molar-refractivity contribution in [2.24, 2.45) is 0 Å². The molecule has 4 heteroatoms. The minimum atomic E-state index is 0.495. The van der Waals surface area contributed by atoms with Crippen molar-refractivity contribution in [3.63, 3.8) is 0 Å². The van der Waals surface area contributed by atoms with Gasteiger partial charge in [-0.2, -0.15) is 10.5 Å². The zero-order valence-corrected chi connectivity index (χ0v) is 13.2. The van der Waals surface area contributed by atoms with Gasteiger partial charge < -0.3 is 0 Å². The minimum Gasteiger partial charge on any atom is -0.242 e. The van der Waals surface area contributed by atoms with Crippen LogP contribution in [0.1, 0.15) is 54.9 Å². The molecule has 0 aliphatic carbocycles. The molecule has 23 heavy (non-hydrogen) atoms. The number of hydrogen-bond donors (Lipinski definition) is 0. The van der Waals surface area contributed by atoms with Crippen LogP contribution < -0.4 is 0 Å². The Kier molecular flexibility index (Phi) is 6.75. The Morgan fingerprint density at radius 1 is 0.652 bits per heavy atom. The fourth-order valence-electron chi connectivity index (χ4n) is 2.50. The highest BCUT2D eigenvalue weighted by atomic mass is 14.7. The van der Waals surface area contributed by atoms with Gasteiger partial charge in [0.25, 0.3) is 0 Å². The van der Waals surface area contributed by atoms with Crippen LogP contribution in [0.25, 0.3) is 0 Å². The molecule has 0 N–H and O–H groups in total. The van der Waals surface area contributed by atoms with E-state index >= 15 is 0 Å². The summed E-state index contributed by atoms with van der Waals surface area (Å²) < 4.78 is 0. The maximum Gasteiger partial charge on any atom is 0.140 e. The zero-order valence-electron chi connectivity index (χ0n) is 13.2. The molecule has 0 spiro atoms. The van der Waals surface area contributed by atoms with Gasteiger partial charge in [-0.05, 0) is 49.9 Å². The molecule has 0 unspecified atom stereocenters. The SMILES string of the molecule is N#Cc1cccc(CCCCCCCc2cccc(C#N)n2)n1. The number of rotatable bonds is 8. The van der Waals surface area contributed by atoms with Gasteiger partial charge in [-0.1, -0.05) is 31.4 Å². The third-order valence-corrected chi connectivity index (χ3v) is 3.71. The summed E-state index contributed by atoms with van der Waals surface area (Å²) in [7, 11) is 0. The fourth-order valence-corrected chi connectivity index (χ4v) is 2.50. The molecule has 4 nitrogen and oxygen atoms in total. The van der Waals surface area contributed by atoms with E-state index < -0.39 is 0 Å². The first kappa shape index (κ1) is 16.6. The Bertz CT molecular complexity index is 648. The molecular weight excluding hydrogens is 284 g/mol. The standard InChI is InChI=1S/C19H20N4/c20-14-18-12-6-10-16(22-18)8-4-2-1-3-5-9-17-11-7-13-19(15-21)23-17/h6-7,10-13H,1-5,8-9H2. The molecule has 0 bridgehead atoms. The van der Waals surface area contributed by atoms with Crippen molar-refractivity contribution in [3.8, 4) is 12.1 Å². The van der Waals surface area contributed by atoms with Crippen molar-refractivity contribution in [1.29, 1.82) is 10.5 Å².